The summed E-state index contributed by atoms with van der Waals surface area (Å²) in [7, 11) is 1.61. The second-order valence-corrected chi connectivity index (χ2v) is 7.53. The highest BCUT2D eigenvalue weighted by Crippen LogP contribution is 2.28. The van der Waals surface area contributed by atoms with E-state index in [0.29, 0.717) is 27.7 Å². The number of amides is 1. The summed E-state index contributed by atoms with van der Waals surface area (Å²) in [6.07, 6.45) is 0. The molecule has 1 N–H and O–H groups in total. The molecule has 28 heavy (non-hydrogen) atoms. The number of fused-ring (bicyclic) bond motifs is 1. The number of pyridine rings is 1. The Hall–Kier alpha value is -2.75. The molecule has 0 saturated carbocycles. The molecule has 1 amide bonds. The maximum absolute atomic E-state index is 12.2. The van der Waals surface area contributed by atoms with Crippen molar-refractivity contribution in [1.82, 2.24) is 10.3 Å². The highest BCUT2D eigenvalue weighted by atomic mass is 35.5. The minimum absolute atomic E-state index is 0.131. The average Bonchev–Trinajstić information content (AvgIpc) is 2.71. The van der Waals surface area contributed by atoms with Crippen molar-refractivity contribution in [3.8, 4) is 11.8 Å². The highest BCUT2D eigenvalue weighted by molar-refractivity contribution is 8.00. The van der Waals surface area contributed by atoms with Crippen LogP contribution >= 0.6 is 23.4 Å². The normalized spacial score (nSPS) is 10.5. The smallest absolute Gasteiger partial charge is 0.230 e. The fourth-order valence-electron chi connectivity index (χ4n) is 2.61. The molecule has 0 unspecified atom stereocenters. The minimum atomic E-state index is -0.131. The predicted molar refractivity (Wildman–Crippen MR) is 112 cm³/mol. The van der Waals surface area contributed by atoms with Gasteiger partial charge in [0.05, 0.1) is 23.9 Å². The van der Waals surface area contributed by atoms with E-state index in [1.807, 2.05) is 37.3 Å². The van der Waals surface area contributed by atoms with Gasteiger partial charge in [-0.3, -0.25) is 4.79 Å². The van der Waals surface area contributed by atoms with Crippen molar-refractivity contribution in [2.24, 2.45) is 0 Å². The third kappa shape index (κ3) is 4.75. The molecule has 5 nitrogen and oxygen atoms in total. The predicted octanol–water partition coefficient (Wildman–Crippen LogP) is 4.49. The lowest BCUT2D eigenvalue weighted by Gasteiger charge is -2.08. The van der Waals surface area contributed by atoms with Gasteiger partial charge in [-0.25, -0.2) is 4.98 Å². The fraction of sp³-hybridized carbons (Fsp3) is 0.190. The van der Waals surface area contributed by atoms with E-state index in [9.17, 15) is 10.1 Å². The second-order valence-electron chi connectivity index (χ2n) is 6.16. The Morgan fingerprint density at radius 2 is 2.04 bits per heavy atom. The number of ether oxygens (including phenoxy) is 1. The van der Waals surface area contributed by atoms with Gasteiger partial charge in [-0.05, 0) is 48.4 Å². The van der Waals surface area contributed by atoms with Crippen LogP contribution in [0.1, 0.15) is 16.7 Å². The lowest BCUT2D eigenvalue weighted by molar-refractivity contribution is -0.118. The lowest BCUT2D eigenvalue weighted by atomic mass is 10.1. The molecule has 0 aliphatic rings. The summed E-state index contributed by atoms with van der Waals surface area (Å²) in [5.41, 5.74) is 3.06. The largest absolute Gasteiger partial charge is 0.497 e. The number of nitriles is 1. The van der Waals surface area contributed by atoms with E-state index in [4.69, 9.17) is 16.3 Å². The van der Waals surface area contributed by atoms with E-state index >= 15 is 0 Å². The van der Waals surface area contributed by atoms with Crippen molar-refractivity contribution in [2.75, 3.05) is 12.9 Å². The second kappa shape index (κ2) is 8.96. The van der Waals surface area contributed by atoms with Gasteiger partial charge in [0.15, 0.2) is 0 Å². The number of halogens is 1. The Bertz CT molecular complexity index is 1060. The summed E-state index contributed by atoms with van der Waals surface area (Å²) < 4.78 is 5.12. The van der Waals surface area contributed by atoms with E-state index in [-0.39, 0.29) is 11.7 Å². The molecular formula is C21H18ClN3O2S. The average molecular weight is 412 g/mol. The molecule has 0 fully saturated rings. The molecule has 0 radical (unpaired) electrons. The van der Waals surface area contributed by atoms with Crippen LogP contribution in [0.5, 0.6) is 5.75 Å². The number of aryl methyl sites for hydroxylation is 1. The number of carbonyl (C=O) groups excluding carboxylic acids is 1. The van der Waals surface area contributed by atoms with Gasteiger partial charge < -0.3 is 10.1 Å². The van der Waals surface area contributed by atoms with Crippen LogP contribution in [-0.2, 0) is 11.3 Å². The zero-order chi connectivity index (χ0) is 20.1. The SMILES string of the molecule is COc1ccc(CNC(=O)CSc2nc3cc(Cl)c(C)cc3cc2C#N)cc1. The van der Waals surface area contributed by atoms with Gasteiger partial charge in [0.2, 0.25) is 5.91 Å². The monoisotopic (exact) mass is 411 g/mol. The van der Waals surface area contributed by atoms with Crippen molar-refractivity contribution in [3.05, 3.63) is 64.2 Å². The van der Waals surface area contributed by atoms with Crippen LogP contribution in [0.3, 0.4) is 0 Å². The maximum Gasteiger partial charge on any atom is 0.230 e. The quantitative estimate of drug-likeness (QED) is 0.605. The number of hydrogen-bond donors (Lipinski definition) is 1. The summed E-state index contributed by atoms with van der Waals surface area (Å²) in [5, 5.41) is 14.3. The third-order valence-electron chi connectivity index (χ3n) is 4.17. The number of nitrogens with zero attached hydrogens (tertiary/aromatic N) is 2. The Kier molecular flexibility index (Phi) is 6.40. The van der Waals surface area contributed by atoms with Crippen LogP contribution in [0.2, 0.25) is 5.02 Å². The van der Waals surface area contributed by atoms with Crippen LogP contribution < -0.4 is 10.1 Å². The van der Waals surface area contributed by atoms with Crippen LogP contribution in [0, 0.1) is 18.3 Å². The number of methoxy groups -OCH3 is 1. The first-order valence-electron chi connectivity index (χ1n) is 8.53. The van der Waals surface area contributed by atoms with E-state index in [0.717, 1.165) is 22.3 Å². The number of thioether (sulfide) groups is 1. The zero-order valence-electron chi connectivity index (χ0n) is 15.5. The first-order valence-corrected chi connectivity index (χ1v) is 9.90. The molecule has 0 aliphatic heterocycles. The van der Waals surface area contributed by atoms with Crippen LogP contribution in [0.25, 0.3) is 10.9 Å². The minimum Gasteiger partial charge on any atom is -0.497 e. The van der Waals surface area contributed by atoms with E-state index in [2.05, 4.69) is 16.4 Å². The summed E-state index contributed by atoms with van der Waals surface area (Å²) in [6, 6.07) is 15.1. The van der Waals surface area contributed by atoms with Gasteiger partial charge in [-0.2, -0.15) is 5.26 Å². The Balaban J connectivity index is 1.65. The first-order chi connectivity index (χ1) is 13.5. The number of rotatable bonds is 6. The standard InChI is InChI=1S/C21H18ClN3O2S/c1-13-7-15-8-16(10-23)21(25-19(15)9-18(13)22)28-12-20(26)24-11-14-3-5-17(27-2)6-4-14/h3-9H,11-12H2,1-2H3,(H,24,26). The van der Waals surface area contributed by atoms with Crippen LogP contribution in [-0.4, -0.2) is 23.8 Å². The van der Waals surface area contributed by atoms with Crippen molar-refractivity contribution in [3.63, 3.8) is 0 Å². The molecule has 3 aromatic rings. The van der Waals surface area contributed by atoms with Crippen molar-refractivity contribution in [1.29, 1.82) is 5.26 Å². The van der Waals surface area contributed by atoms with Crippen LogP contribution in [0.4, 0.5) is 0 Å². The molecule has 2 aromatic carbocycles. The van der Waals surface area contributed by atoms with E-state index in [1.54, 1.807) is 19.2 Å². The molecule has 7 heteroatoms. The van der Waals surface area contributed by atoms with E-state index in [1.165, 1.54) is 11.8 Å². The van der Waals surface area contributed by atoms with Crippen LogP contribution in [0.15, 0.2) is 47.5 Å². The molecule has 0 bridgehead atoms. The lowest BCUT2D eigenvalue weighted by Crippen LogP contribution is -2.24. The number of aromatic nitrogens is 1. The first kappa shape index (κ1) is 20.0. The van der Waals surface area contributed by atoms with Crippen molar-refractivity contribution in [2.45, 2.75) is 18.5 Å². The Morgan fingerprint density at radius 3 is 2.71 bits per heavy atom. The molecule has 0 saturated heterocycles. The van der Waals surface area contributed by atoms with Gasteiger partial charge in [0.1, 0.15) is 16.8 Å². The topological polar surface area (TPSA) is 75.0 Å². The number of benzene rings is 2. The highest BCUT2D eigenvalue weighted by Gasteiger charge is 2.11. The molecule has 0 spiro atoms. The van der Waals surface area contributed by atoms with Gasteiger partial charge in [-0.15, -0.1) is 0 Å². The zero-order valence-corrected chi connectivity index (χ0v) is 17.0. The van der Waals surface area contributed by atoms with E-state index < -0.39 is 0 Å². The molecule has 0 aliphatic carbocycles. The maximum atomic E-state index is 12.2. The molecule has 0 atom stereocenters. The number of nitrogens with one attached hydrogen (secondary N) is 1. The molecular weight excluding hydrogens is 394 g/mol. The number of carbonyl (C=O) groups is 1. The van der Waals surface area contributed by atoms with Crippen molar-refractivity contribution >= 4 is 40.2 Å². The van der Waals surface area contributed by atoms with Gasteiger partial charge in [0, 0.05) is 17.0 Å². The Labute approximate surface area is 172 Å². The molecule has 3 rings (SSSR count). The molecule has 1 aromatic heterocycles. The Morgan fingerprint density at radius 1 is 1.29 bits per heavy atom. The fourth-order valence-corrected chi connectivity index (χ4v) is 3.56. The summed E-state index contributed by atoms with van der Waals surface area (Å²) in [4.78, 5) is 16.7. The summed E-state index contributed by atoms with van der Waals surface area (Å²) in [5.74, 6) is 0.809. The summed E-state index contributed by atoms with van der Waals surface area (Å²) >= 11 is 7.41. The number of hydrogen-bond acceptors (Lipinski definition) is 5. The third-order valence-corrected chi connectivity index (χ3v) is 5.57. The molecule has 1 heterocycles. The van der Waals surface area contributed by atoms with Crippen molar-refractivity contribution < 1.29 is 9.53 Å². The van der Waals surface area contributed by atoms with Gasteiger partial charge in [0.25, 0.3) is 0 Å². The van der Waals surface area contributed by atoms with Gasteiger partial charge in [-0.1, -0.05) is 35.5 Å². The van der Waals surface area contributed by atoms with Gasteiger partial charge >= 0.3 is 0 Å². The molecule has 142 valence electrons. The summed E-state index contributed by atoms with van der Waals surface area (Å²) in [6.45, 7) is 2.33.